The third-order valence-electron chi connectivity index (χ3n) is 3.34. The predicted molar refractivity (Wildman–Crippen MR) is 65.2 cm³/mol. The number of nitrogens with zero attached hydrogens (tertiary/aromatic N) is 1. The summed E-state index contributed by atoms with van der Waals surface area (Å²) in [5.41, 5.74) is 5.36. The van der Waals surface area contributed by atoms with Gasteiger partial charge in [-0.25, -0.2) is 13.8 Å². The maximum absolute atomic E-state index is 13.5. The molecule has 0 unspecified atom stereocenters. The SMILES string of the molecule is CC1(CNc2nc(N)c(F)cc2F)CCOCC1. The lowest BCUT2D eigenvalue weighted by Gasteiger charge is -2.33. The van der Waals surface area contributed by atoms with Gasteiger partial charge in [-0.15, -0.1) is 0 Å². The molecule has 1 aliphatic rings. The number of ether oxygens (including phenoxy) is 1. The van der Waals surface area contributed by atoms with Crippen LogP contribution in [0.15, 0.2) is 6.07 Å². The molecule has 1 aromatic rings. The minimum absolute atomic E-state index is 0.00150. The van der Waals surface area contributed by atoms with Crippen molar-refractivity contribution in [3.05, 3.63) is 17.7 Å². The predicted octanol–water partition coefficient (Wildman–Crippen LogP) is 2.17. The monoisotopic (exact) mass is 257 g/mol. The highest BCUT2D eigenvalue weighted by Crippen LogP contribution is 2.30. The van der Waals surface area contributed by atoms with Crippen LogP contribution in [0.4, 0.5) is 20.4 Å². The first-order chi connectivity index (χ1) is 8.50. The minimum atomic E-state index is -0.838. The lowest BCUT2D eigenvalue weighted by atomic mass is 9.82. The van der Waals surface area contributed by atoms with Crippen molar-refractivity contribution in [2.75, 3.05) is 30.8 Å². The van der Waals surface area contributed by atoms with Crippen molar-refractivity contribution in [1.82, 2.24) is 4.98 Å². The fourth-order valence-corrected chi connectivity index (χ4v) is 1.94. The van der Waals surface area contributed by atoms with Crippen molar-refractivity contribution in [1.29, 1.82) is 0 Å². The number of anilines is 2. The van der Waals surface area contributed by atoms with Gasteiger partial charge in [-0.3, -0.25) is 0 Å². The standard InChI is InChI=1S/C12H17F2N3O/c1-12(2-4-18-5-3-12)7-16-11-9(14)6-8(13)10(15)17-11/h6H,2-5,7H2,1H3,(H3,15,16,17). The molecule has 1 aliphatic heterocycles. The highest BCUT2D eigenvalue weighted by atomic mass is 19.1. The molecule has 100 valence electrons. The Hall–Kier alpha value is -1.43. The van der Waals surface area contributed by atoms with E-state index in [1.54, 1.807) is 0 Å². The molecular weight excluding hydrogens is 240 g/mol. The van der Waals surface area contributed by atoms with Crippen LogP contribution in [0, 0.1) is 17.0 Å². The number of aromatic nitrogens is 1. The minimum Gasteiger partial charge on any atom is -0.381 e. The molecule has 4 nitrogen and oxygen atoms in total. The van der Waals surface area contributed by atoms with Crippen molar-refractivity contribution in [2.45, 2.75) is 19.8 Å². The molecule has 2 rings (SSSR count). The van der Waals surface area contributed by atoms with Crippen LogP contribution in [0.5, 0.6) is 0 Å². The summed E-state index contributed by atoms with van der Waals surface area (Å²) in [7, 11) is 0. The molecule has 1 fully saturated rings. The van der Waals surface area contributed by atoms with E-state index in [-0.39, 0.29) is 17.1 Å². The molecule has 0 aromatic carbocycles. The molecular formula is C12H17F2N3O. The lowest BCUT2D eigenvalue weighted by Crippen LogP contribution is -2.33. The zero-order valence-electron chi connectivity index (χ0n) is 10.3. The average molecular weight is 257 g/mol. The van der Waals surface area contributed by atoms with E-state index in [4.69, 9.17) is 10.5 Å². The number of nitrogen functional groups attached to an aromatic ring is 1. The van der Waals surface area contributed by atoms with E-state index in [0.29, 0.717) is 19.8 Å². The fraction of sp³-hybridized carbons (Fsp3) is 0.583. The summed E-state index contributed by atoms with van der Waals surface area (Å²) in [5.74, 6) is -1.86. The van der Waals surface area contributed by atoms with Crippen molar-refractivity contribution < 1.29 is 13.5 Å². The summed E-state index contributed by atoms with van der Waals surface area (Å²) in [6.07, 6.45) is 1.80. The topological polar surface area (TPSA) is 60.2 Å². The first-order valence-electron chi connectivity index (χ1n) is 5.93. The van der Waals surface area contributed by atoms with Gasteiger partial charge in [-0.05, 0) is 18.3 Å². The van der Waals surface area contributed by atoms with Crippen molar-refractivity contribution in [3.63, 3.8) is 0 Å². The molecule has 0 saturated carbocycles. The summed E-state index contributed by atoms with van der Waals surface area (Å²) in [5, 5.41) is 2.90. The van der Waals surface area contributed by atoms with Crippen LogP contribution in [-0.2, 0) is 4.74 Å². The Morgan fingerprint density at radius 3 is 2.72 bits per heavy atom. The molecule has 0 spiro atoms. The van der Waals surface area contributed by atoms with Gasteiger partial charge < -0.3 is 15.8 Å². The number of rotatable bonds is 3. The van der Waals surface area contributed by atoms with Gasteiger partial charge in [0.15, 0.2) is 23.3 Å². The van der Waals surface area contributed by atoms with Crippen molar-refractivity contribution in [2.24, 2.45) is 5.41 Å². The second kappa shape index (κ2) is 5.06. The van der Waals surface area contributed by atoms with Gasteiger partial charge >= 0.3 is 0 Å². The van der Waals surface area contributed by atoms with Gasteiger partial charge in [-0.2, -0.15) is 0 Å². The largest absolute Gasteiger partial charge is 0.381 e. The Morgan fingerprint density at radius 2 is 2.06 bits per heavy atom. The van der Waals surface area contributed by atoms with Crippen LogP contribution in [0.1, 0.15) is 19.8 Å². The summed E-state index contributed by atoms with van der Waals surface area (Å²) in [4.78, 5) is 3.67. The Balaban J connectivity index is 2.03. The first kappa shape index (κ1) is 13.0. The van der Waals surface area contributed by atoms with E-state index in [1.165, 1.54) is 0 Å². The van der Waals surface area contributed by atoms with E-state index in [1.807, 2.05) is 0 Å². The van der Waals surface area contributed by atoms with Gasteiger partial charge in [0.2, 0.25) is 0 Å². The fourth-order valence-electron chi connectivity index (χ4n) is 1.94. The maximum Gasteiger partial charge on any atom is 0.168 e. The Morgan fingerprint density at radius 1 is 1.39 bits per heavy atom. The third kappa shape index (κ3) is 2.87. The highest BCUT2D eigenvalue weighted by molar-refractivity contribution is 5.44. The van der Waals surface area contributed by atoms with E-state index < -0.39 is 11.6 Å². The van der Waals surface area contributed by atoms with Crippen LogP contribution in [0.3, 0.4) is 0 Å². The van der Waals surface area contributed by atoms with Gasteiger partial charge in [0.05, 0.1) is 0 Å². The lowest BCUT2D eigenvalue weighted by molar-refractivity contribution is 0.0299. The van der Waals surface area contributed by atoms with Crippen molar-refractivity contribution >= 4 is 11.6 Å². The Kier molecular flexibility index (Phi) is 3.65. The molecule has 0 amide bonds. The van der Waals surface area contributed by atoms with Crippen LogP contribution < -0.4 is 11.1 Å². The van der Waals surface area contributed by atoms with Crippen LogP contribution in [0.2, 0.25) is 0 Å². The normalized spacial score (nSPS) is 18.6. The average Bonchev–Trinajstić information content (AvgIpc) is 2.33. The summed E-state index contributed by atoms with van der Waals surface area (Å²) >= 11 is 0. The molecule has 0 aliphatic carbocycles. The quantitative estimate of drug-likeness (QED) is 0.871. The van der Waals surface area contributed by atoms with Gasteiger partial charge in [0, 0.05) is 25.8 Å². The van der Waals surface area contributed by atoms with Gasteiger partial charge in [0.25, 0.3) is 0 Å². The van der Waals surface area contributed by atoms with Crippen LogP contribution >= 0.6 is 0 Å². The number of nitrogens with two attached hydrogens (primary N) is 1. The number of halogens is 2. The Bertz CT molecular complexity index is 434. The zero-order valence-corrected chi connectivity index (χ0v) is 10.3. The third-order valence-corrected chi connectivity index (χ3v) is 3.34. The zero-order chi connectivity index (χ0) is 13.2. The van der Waals surface area contributed by atoms with E-state index in [9.17, 15) is 8.78 Å². The van der Waals surface area contributed by atoms with E-state index >= 15 is 0 Å². The van der Waals surface area contributed by atoms with Crippen LogP contribution in [0.25, 0.3) is 0 Å². The maximum atomic E-state index is 13.5. The van der Waals surface area contributed by atoms with Gasteiger partial charge in [0.1, 0.15) is 0 Å². The smallest absolute Gasteiger partial charge is 0.168 e. The molecule has 3 N–H and O–H groups in total. The molecule has 18 heavy (non-hydrogen) atoms. The first-order valence-corrected chi connectivity index (χ1v) is 5.93. The number of hydrogen-bond donors (Lipinski definition) is 2. The Labute approximate surface area is 105 Å². The number of hydrogen-bond acceptors (Lipinski definition) is 4. The second-order valence-corrected chi connectivity index (χ2v) is 4.96. The molecule has 1 saturated heterocycles. The summed E-state index contributed by atoms with van der Waals surface area (Å²) in [6.45, 7) is 4.08. The molecule has 6 heteroatoms. The van der Waals surface area contributed by atoms with Gasteiger partial charge in [-0.1, -0.05) is 6.92 Å². The number of nitrogens with one attached hydrogen (secondary N) is 1. The molecule has 0 radical (unpaired) electrons. The van der Waals surface area contributed by atoms with E-state index in [0.717, 1.165) is 18.9 Å². The molecule has 0 atom stereocenters. The highest BCUT2D eigenvalue weighted by Gasteiger charge is 2.27. The van der Waals surface area contributed by atoms with Crippen LogP contribution in [-0.4, -0.2) is 24.7 Å². The molecule has 0 bridgehead atoms. The summed E-state index contributed by atoms with van der Waals surface area (Å²) in [6, 6.07) is 0.747. The second-order valence-electron chi connectivity index (χ2n) is 4.96. The number of pyridine rings is 1. The molecule has 1 aromatic heterocycles. The molecule has 2 heterocycles. The van der Waals surface area contributed by atoms with E-state index in [2.05, 4.69) is 17.2 Å². The summed E-state index contributed by atoms with van der Waals surface area (Å²) < 4.78 is 31.7. The van der Waals surface area contributed by atoms with Crippen molar-refractivity contribution in [3.8, 4) is 0 Å².